The standard InChI is InChI=1S/C17H25ClN2O4S/c1-12(2)10-19-17(21)13-5-4-8-20(11-13)25(22,23)16-9-14(18)6-7-15(16)24-3/h6-7,9,12-13H,4-5,8,10-11H2,1-3H3,(H,19,21)/t13-/m0/s1. The molecule has 1 aliphatic rings. The Morgan fingerprint density at radius 2 is 2.16 bits per heavy atom. The maximum Gasteiger partial charge on any atom is 0.246 e. The minimum atomic E-state index is -3.78. The summed E-state index contributed by atoms with van der Waals surface area (Å²) in [6.45, 7) is 5.17. The highest BCUT2D eigenvalue weighted by Gasteiger charge is 2.34. The summed E-state index contributed by atoms with van der Waals surface area (Å²) in [4.78, 5) is 12.3. The Bertz CT molecular complexity index is 721. The van der Waals surface area contributed by atoms with E-state index < -0.39 is 10.0 Å². The van der Waals surface area contributed by atoms with Crippen LogP contribution in [0.15, 0.2) is 23.1 Å². The third kappa shape index (κ3) is 4.86. The SMILES string of the molecule is COc1ccc(Cl)cc1S(=O)(=O)N1CCC[C@H](C(=O)NCC(C)C)C1. The highest BCUT2D eigenvalue weighted by molar-refractivity contribution is 7.89. The topological polar surface area (TPSA) is 75.7 Å². The van der Waals surface area contributed by atoms with Crippen molar-refractivity contribution in [3.05, 3.63) is 23.2 Å². The zero-order valence-electron chi connectivity index (χ0n) is 14.8. The van der Waals surface area contributed by atoms with Gasteiger partial charge in [-0.1, -0.05) is 25.4 Å². The highest BCUT2D eigenvalue weighted by atomic mass is 35.5. The van der Waals surface area contributed by atoms with Crippen molar-refractivity contribution in [1.29, 1.82) is 0 Å². The average molecular weight is 389 g/mol. The van der Waals surface area contributed by atoms with Crippen LogP contribution in [-0.4, -0.2) is 45.4 Å². The molecule has 1 aromatic rings. The number of piperidine rings is 1. The van der Waals surface area contributed by atoms with Gasteiger partial charge in [0, 0.05) is 24.7 Å². The number of ether oxygens (including phenoxy) is 1. The van der Waals surface area contributed by atoms with E-state index in [1.54, 1.807) is 6.07 Å². The molecule has 25 heavy (non-hydrogen) atoms. The van der Waals surface area contributed by atoms with Crippen molar-refractivity contribution >= 4 is 27.5 Å². The zero-order chi connectivity index (χ0) is 18.6. The van der Waals surface area contributed by atoms with E-state index in [0.717, 1.165) is 0 Å². The van der Waals surface area contributed by atoms with Gasteiger partial charge >= 0.3 is 0 Å². The second-order valence-corrected chi connectivity index (χ2v) is 8.98. The van der Waals surface area contributed by atoms with Crippen molar-refractivity contribution in [2.75, 3.05) is 26.7 Å². The van der Waals surface area contributed by atoms with Crippen LogP contribution in [0, 0.1) is 11.8 Å². The molecule has 1 fully saturated rings. The van der Waals surface area contributed by atoms with Crippen LogP contribution in [0.1, 0.15) is 26.7 Å². The van der Waals surface area contributed by atoms with E-state index in [9.17, 15) is 13.2 Å². The molecule has 0 unspecified atom stereocenters. The number of hydrogen-bond acceptors (Lipinski definition) is 4. The molecule has 1 N–H and O–H groups in total. The smallest absolute Gasteiger partial charge is 0.246 e. The number of carbonyl (C=O) groups excluding carboxylic acids is 1. The Balaban J connectivity index is 2.20. The first-order chi connectivity index (χ1) is 11.8. The molecule has 6 nitrogen and oxygen atoms in total. The van der Waals surface area contributed by atoms with Crippen LogP contribution < -0.4 is 10.1 Å². The largest absolute Gasteiger partial charge is 0.495 e. The van der Waals surface area contributed by atoms with Crippen LogP contribution in [0.5, 0.6) is 5.75 Å². The first kappa shape index (κ1) is 20.0. The summed E-state index contributed by atoms with van der Waals surface area (Å²) >= 11 is 5.97. The summed E-state index contributed by atoms with van der Waals surface area (Å²) in [7, 11) is -2.36. The van der Waals surface area contributed by atoms with Crippen LogP contribution in [0.2, 0.25) is 5.02 Å². The predicted molar refractivity (Wildman–Crippen MR) is 97.3 cm³/mol. The molecule has 0 aliphatic carbocycles. The van der Waals surface area contributed by atoms with Crippen LogP contribution in [0.3, 0.4) is 0 Å². The summed E-state index contributed by atoms with van der Waals surface area (Å²) in [6, 6.07) is 4.50. The Morgan fingerprint density at radius 3 is 2.80 bits per heavy atom. The van der Waals surface area contributed by atoms with E-state index in [-0.39, 0.29) is 29.0 Å². The van der Waals surface area contributed by atoms with E-state index in [1.807, 2.05) is 13.8 Å². The first-order valence-electron chi connectivity index (χ1n) is 8.37. The molecule has 0 radical (unpaired) electrons. The van der Waals surface area contributed by atoms with Gasteiger partial charge < -0.3 is 10.1 Å². The van der Waals surface area contributed by atoms with E-state index in [2.05, 4.69) is 5.32 Å². The summed E-state index contributed by atoms with van der Waals surface area (Å²) in [5.41, 5.74) is 0. The summed E-state index contributed by atoms with van der Waals surface area (Å²) in [5.74, 6) is 0.165. The molecule has 1 amide bonds. The van der Waals surface area contributed by atoms with Crippen molar-refractivity contribution in [2.24, 2.45) is 11.8 Å². The van der Waals surface area contributed by atoms with Gasteiger partial charge in [0.25, 0.3) is 0 Å². The molecule has 1 aliphatic heterocycles. The molecule has 0 bridgehead atoms. The van der Waals surface area contributed by atoms with E-state index >= 15 is 0 Å². The molecular formula is C17H25ClN2O4S. The second-order valence-electron chi connectivity index (χ2n) is 6.64. The lowest BCUT2D eigenvalue weighted by molar-refractivity contribution is -0.126. The third-order valence-electron chi connectivity index (χ3n) is 4.18. The van der Waals surface area contributed by atoms with Gasteiger partial charge in [0.1, 0.15) is 10.6 Å². The number of carbonyl (C=O) groups is 1. The van der Waals surface area contributed by atoms with Crippen molar-refractivity contribution in [3.8, 4) is 5.75 Å². The van der Waals surface area contributed by atoms with Crippen molar-refractivity contribution in [3.63, 3.8) is 0 Å². The molecule has 0 aromatic heterocycles. The molecule has 0 spiro atoms. The number of hydrogen-bond donors (Lipinski definition) is 1. The summed E-state index contributed by atoms with van der Waals surface area (Å²) < 4.78 is 32.5. The monoisotopic (exact) mass is 388 g/mol. The Labute approximate surface area is 154 Å². The van der Waals surface area contributed by atoms with Gasteiger partial charge in [-0.3, -0.25) is 4.79 Å². The molecule has 2 rings (SSSR count). The third-order valence-corrected chi connectivity index (χ3v) is 6.30. The molecule has 1 heterocycles. The van der Waals surface area contributed by atoms with Gasteiger partial charge in [-0.15, -0.1) is 0 Å². The quantitative estimate of drug-likeness (QED) is 0.812. The van der Waals surface area contributed by atoms with Crippen molar-refractivity contribution < 1.29 is 17.9 Å². The number of rotatable bonds is 6. The zero-order valence-corrected chi connectivity index (χ0v) is 16.4. The van der Waals surface area contributed by atoms with Crippen LogP contribution >= 0.6 is 11.6 Å². The number of amides is 1. The van der Waals surface area contributed by atoms with E-state index in [4.69, 9.17) is 16.3 Å². The fourth-order valence-electron chi connectivity index (χ4n) is 2.81. The fourth-order valence-corrected chi connectivity index (χ4v) is 4.76. The van der Waals surface area contributed by atoms with Crippen LogP contribution in [0.25, 0.3) is 0 Å². The summed E-state index contributed by atoms with van der Waals surface area (Å²) in [5, 5.41) is 3.21. The number of benzene rings is 1. The maximum atomic E-state index is 13.0. The lowest BCUT2D eigenvalue weighted by atomic mass is 9.98. The van der Waals surface area contributed by atoms with Crippen LogP contribution in [0.4, 0.5) is 0 Å². The van der Waals surface area contributed by atoms with Gasteiger partial charge in [-0.25, -0.2) is 8.42 Å². The molecule has 140 valence electrons. The number of methoxy groups -OCH3 is 1. The normalized spacial score (nSPS) is 19.0. The predicted octanol–water partition coefficient (Wildman–Crippen LogP) is 2.52. The molecular weight excluding hydrogens is 364 g/mol. The number of sulfonamides is 1. The Kier molecular flexibility index (Phi) is 6.71. The van der Waals surface area contributed by atoms with Crippen LogP contribution in [-0.2, 0) is 14.8 Å². The molecule has 0 saturated carbocycles. The summed E-state index contributed by atoms with van der Waals surface area (Å²) in [6.07, 6.45) is 1.32. The lowest BCUT2D eigenvalue weighted by Crippen LogP contribution is -2.46. The number of halogens is 1. The lowest BCUT2D eigenvalue weighted by Gasteiger charge is -2.31. The number of nitrogens with one attached hydrogen (secondary N) is 1. The first-order valence-corrected chi connectivity index (χ1v) is 10.2. The highest BCUT2D eigenvalue weighted by Crippen LogP contribution is 2.31. The fraction of sp³-hybridized carbons (Fsp3) is 0.588. The van der Waals surface area contributed by atoms with Crippen molar-refractivity contribution in [1.82, 2.24) is 9.62 Å². The van der Waals surface area contributed by atoms with E-state index in [1.165, 1.54) is 23.5 Å². The number of nitrogens with zero attached hydrogens (tertiary/aromatic N) is 1. The van der Waals surface area contributed by atoms with Gasteiger partial charge in [-0.05, 0) is 37.0 Å². The minimum absolute atomic E-state index is 0.0331. The van der Waals surface area contributed by atoms with Gasteiger partial charge in [-0.2, -0.15) is 4.31 Å². The molecule has 8 heteroatoms. The molecule has 1 atom stereocenters. The average Bonchev–Trinajstić information content (AvgIpc) is 2.59. The maximum absolute atomic E-state index is 13.0. The Morgan fingerprint density at radius 1 is 1.44 bits per heavy atom. The molecule has 1 aromatic carbocycles. The molecule has 1 saturated heterocycles. The van der Waals surface area contributed by atoms with Crippen molar-refractivity contribution in [2.45, 2.75) is 31.6 Å². The second kappa shape index (κ2) is 8.38. The Hall–Kier alpha value is -1.31. The minimum Gasteiger partial charge on any atom is -0.495 e. The van der Waals surface area contributed by atoms with Gasteiger partial charge in [0.15, 0.2) is 0 Å². The van der Waals surface area contributed by atoms with Gasteiger partial charge in [0.2, 0.25) is 15.9 Å². The van der Waals surface area contributed by atoms with Gasteiger partial charge in [0.05, 0.1) is 13.0 Å². The van der Waals surface area contributed by atoms with E-state index in [0.29, 0.717) is 36.9 Å².